The number of ether oxygens (including phenoxy) is 2. The molecule has 0 spiro atoms. The van der Waals surface area contributed by atoms with E-state index in [-0.39, 0.29) is 6.10 Å². The van der Waals surface area contributed by atoms with Crippen LogP contribution in [0, 0.1) is 6.92 Å². The summed E-state index contributed by atoms with van der Waals surface area (Å²) in [7, 11) is 0. The van der Waals surface area contributed by atoms with Crippen LogP contribution in [0.4, 0.5) is 0 Å². The Kier molecular flexibility index (Phi) is 4.95. The zero-order valence-electron chi connectivity index (χ0n) is 14.7. The number of nitrogens with zero attached hydrogens (tertiary/aromatic N) is 3. The molecule has 5 heteroatoms. The first-order chi connectivity index (χ1) is 12.3. The molecule has 132 valence electrons. The van der Waals surface area contributed by atoms with Crippen molar-refractivity contribution in [2.45, 2.75) is 51.0 Å². The minimum absolute atomic E-state index is 0.179. The molecule has 2 aromatic heterocycles. The zero-order valence-corrected chi connectivity index (χ0v) is 14.7. The van der Waals surface area contributed by atoms with Gasteiger partial charge in [-0.25, -0.2) is 0 Å². The van der Waals surface area contributed by atoms with Crippen LogP contribution in [-0.2, 0) is 11.3 Å². The van der Waals surface area contributed by atoms with Crippen LogP contribution in [0.1, 0.15) is 30.7 Å². The van der Waals surface area contributed by atoms with E-state index in [1.54, 1.807) is 12.4 Å². The number of rotatable bonds is 5. The van der Waals surface area contributed by atoms with Gasteiger partial charge in [0.15, 0.2) is 0 Å². The number of likely N-dealkylation sites (tertiary alicyclic amines) is 1. The Morgan fingerprint density at radius 2 is 2.16 bits per heavy atom. The average Bonchev–Trinajstić information content (AvgIpc) is 3.03. The van der Waals surface area contributed by atoms with Gasteiger partial charge in [-0.05, 0) is 50.5 Å². The average molecular weight is 339 g/mol. The molecule has 3 atom stereocenters. The Hall–Kier alpha value is -1.98. The topological polar surface area (TPSA) is 47.5 Å². The molecule has 2 saturated heterocycles. The Balaban J connectivity index is 1.30. The van der Waals surface area contributed by atoms with Gasteiger partial charge in [0.1, 0.15) is 12.4 Å². The predicted molar refractivity (Wildman–Crippen MR) is 95.4 cm³/mol. The van der Waals surface area contributed by atoms with E-state index in [1.807, 2.05) is 25.1 Å². The maximum Gasteiger partial charge on any atom is 0.137 e. The van der Waals surface area contributed by atoms with Gasteiger partial charge >= 0.3 is 0 Å². The summed E-state index contributed by atoms with van der Waals surface area (Å²) in [5.74, 6) is 0.812. The van der Waals surface area contributed by atoms with E-state index in [0.717, 1.165) is 49.5 Å². The smallest absolute Gasteiger partial charge is 0.137 e. The van der Waals surface area contributed by atoms with Crippen molar-refractivity contribution in [1.82, 2.24) is 14.9 Å². The van der Waals surface area contributed by atoms with Crippen LogP contribution in [0.15, 0.2) is 42.7 Å². The van der Waals surface area contributed by atoms with Crippen molar-refractivity contribution in [2.75, 3.05) is 13.2 Å². The summed E-state index contributed by atoms with van der Waals surface area (Å²) in [6.07, 6.45) is 7.30. The van der Waals surface area contributed by atoms with Gasteiger partial charge in [-0.2, -0.15) is 0 Å². The number of fused-ring (bicyclic) bond motifs is 1. The Labute approximate surface area is 149 Å². The maximum atomic E-state index is 6.32. The van der Waals surface area contributed by atoms with Crippen LogP contribution >= 0.6 is 0 Å². The summed E-state index contributed by atoms with van der Waals surface area (Å²) < 4.78 is 12.1. The molecule has 0 radical (unpaired) electrons. The van der Waals surface area contributed by atoms with Crippen molar-refractivity contribution < 1.29 is 9.47 Å². The van der Waals surface area contributed by atoms with Crippen LogP contribution < -0.4 is 4.74 Å². The first kappa shape index (κ1) is 16.5. The van der Waals surface area contributed by atoms with E-state index in [9.17, 15) is 0 Å². The fourth-order valence-corrected chi connectivity index (χ4v) is 3.92. The summed E-state index contributed by atoms with van der Waals surface area (Å²) >= 11 is 0. The van der Waals surface area contributed by atoms with Crippen molar-refractivity contribution >= 4 is 0 Å². The van der Waals surface area contributed by atoms with Gasteiger partial charge < -0.3 is 9.47 Å². The van der Waals surface area contributed by atoms with Gasteiger partial charge in [-0.1, -0.05) is 6.07 Å². The molecule has 0 amide bonds. The molecule has 4 heterocycles. The van der Waals surface area contributed by atoms with Crippen molar-refractivity contribution in [3.05, 3.63) is 54.1 Å². The Bertz CT molecular complexity index is 694. The first-order valence-corrected chi connectivity index (χ1v) is 9.13. The molecule has 0 unspecified atom stereocenters. The van der Waals surface area contributed by atoms with E-state index >= 15 is 0 Å². The lowest BCUT2D eigenvalue weighted by molar-refractivity contribution is -0.0842. The van der Waals surface area contributed by atoms with Crippen LogP contribution in [0.3, 0.4) is 0 Å². The van der Waals surface area contributed by atoms with Crippen LogP contribution in [0.25, 0.3) is 0 Å². The highest BCUT2D eigenvalue weighted by Crippen LogP contribution is 2.32. The highest BCUT2D eigenvalue weighted by molar-refractivity contribution is 5.15. The van der Waals surface area contributed by atoms with Gasteiger partial charge in [-0.15, -0.1) is 0 Å². The van der Waals surface area contributed by atoms with Crippen molar-refractivity contribution in [2.24, 2.45) is 0 Å². The lowest BCUT2D eigenvalue weighted by atomic mass is 9.99. The monoisotopic (exact) mass is 339 g/mol. The summed E-state index contributed by atoms with van der Waals surface area (Å²) in [5.41, 5.74) is 2.24. The highest BCUT2D eigenvalue weighted by atomic mass is 16.5. The molecule has 0 aliphatic carbocycles. The SMILES string of the molecule is Cc1cccc(CN2CC[C@@H]3O[C@@H](COc4cccnc4)CC[C@@H]32)n1. The molecule has 4 rings (SSSR count). The van der Waals surface area contributed by atoms with E-state index in [1.165, 1.54) is 0 Å². The Morgan fingerprint density at radius 1 is 1.20 bits per heavy atom. The third kappa shape index (κ3) is 3.99. The number of pyridine rings is 2. The lowest BCUT2D eigenvalue weighted by Gasteiger charge is -2.35. The third-order valence-electron chi connectivity index (χ3n) is 5.13. The van der Waals surface area contributed by atoms with Gasteiger partial charge in [0.2, 0.25) is 0 Å². The highest BCUT2D eigenvalue weighted by Gasteiger charge is 2.39. The fraction of sp³-hybridized carbons (Fsp3) is 0.500. The summed E-state index contributed by atoms with van der Waals surface area (Å²) in [5, 5.41) is 0. The minimum atomic E-state index is 0.179. The molecular formula is C20H25N3O2. The summed E-state index contributed by atoms with van der Waals surface area (Å²) in [6.45, 7) is 4.66. The van der Waals surface area contributed by atoms with E-state index in [2.05, 4.69) is 27.0 Å². The first-order valence-electron chi connectivity index (χ1n) is 9.13. The predicted octanol–water partition coefficient (Wildman–Crippen LogP) is 2.99. The van der Waals surface area contributed by atoms with E-state index in [0.29, 0.717) is 18.8 Å². The van der Waals surface area contributed by atoms with Gasteiger partial charge in [0.05, 0.1) is 24.1 Å². The molecule has 2 aliphatic rings. The lowest BCUT2D eigenvalue weighted by Crippen LogP contribution is -2.44. The second-order valence-electron chi connectivity index (χ2n) is 6.97. The fourth-order valence-electron chi connectivity index (χ4n) is 3.92. The largest absolute Gasteiger partial charge is 0.489 e. The summed E-state index contributed by atoms with van der Waals surface area (Å²) in [4.78, 5) is 11.3. The van der Waals surface area contributed by atoms with Crippen molar-refractivity contribution in [3.63, 3.8) is 0 Å². The third-order valence-corrected chi connectivity index (χ3v) is 5.13. The molecule has 0 N–H and O–H groups in total. The van der Waals surface area contributed by atoms with E-state index in [4.69, 9.17) is 9.47 Å². The molecule has 0 saturated carbocycles. The standard InChI is InChI=1S/C20H25N3O2/c1-15-4-2-5-16(22-15)13-23-11-9-20-19(23)8-7-18(25-20)14-24-17-6-3-10-21-12-17/h2-6,10,12,18-20H,7-9,11,13-14H2,1H3/t18-,19+,20+/m1/s1. The minimum Gasteiger partial charge on any atom is -0.489 e. The molecular weight excluding hydrogens is 314 g/mol. The summed E-state index contributed by atoms with van der Waals surface area (Å²) in [6, 6.07) is 10.6. The molecule has 2 fully saturated rings. The van der Waals surface area contributed by atoms with Crippen molar-refractivity contribution in [3.8, 4) is 5.75 Å². The van der Waals surface area contributed by atoms with Crippen LogP contribution in [0.5, 0.6) is 5.75 Å². The van der Waals surface area contributed by atoms with Gasteiger partial charge in [0.25, 0.3) is 0 Å². The molecule has 5 nitrogen and oxygen atoms in total. The Morgan fingerprint density at radius 3 is 3.00 bits per heavy atom. The molecule has 2 aromatic rings. The van der Waals surface area contributed by atoms with Crippen LogP contribution in [0.2, 0.25) is 0 Å². The number of hydrogen-bond donors (Lipinski definition) is 0. The normalized spacial score (nSPS) is 26.4. The van der Waals surface area contributed by atoms with Crippen molar-refractivity contribution in [1.29, 1.82) is 0 Å². The maximum absolute atomic E-state index is 6.32. The van der Waals surface area contributed by atoms with Gasteiger partial charge in [0, 0.05) is 31.0 Å². The second-order valence-corrected chi connectivity index (χ2v) is 6.97. The molecule has 0 bridgehead atoms. The van der Waals surface area contributed by atoms with Crippen LogP contribution in [-0.4, -0.2) is 46.3 Å². The quantitative estimate of drug-likeness (QED) is 0.838. The molecule has 0 aromatic carbocycles. The number of hydrogen-bond acceptors (Lipinski definition) is 5. The molecule has 2 aliphatic heterocycles. The van der Waals surface area contributed by atoms with E-state index < -0.39 is 0 Å². The number of aryl methyl sites for hydroxylation is 1. The molecule has 25 heavy (non-hydrogen) atoms. The zero-order chi connectivity index (χ0) is 17.1. The van der Waals surface area contributed by atoms with Gasteiger partial charge in [-0.3, -0.25) is 14.9 Å². The number of aromatic nitrogens is 2. The second kappa shape index (κ2) is 7.50.